The Morgan fingerprint density at radius 1 is 1.18 bits per heavy atom. The number of nitrogens with one attached hydrogen (secondary N) is 1. The van der Waals surface area contributed by atoms with Crippen LogP contribution in [0.1, 0.15) is 25.7 Å². The van der Waals surface area contributed by atoms with E-state index in [0.717, 1.165) is 29.8 Å². The fourth-order valence-electron chi connectivity index (χ4n) is 3.81. The van der Waals surface area contributed by atoms with E-state index in [0.29, 0.717) is 19.4 Å². The van der Waals surface area contributed by atoms with Gasteiger partial charge in [-0.2, -0.15) is 0 Å². The summed E-state index contributed by atoms with van der Waals surface area (Å²) < 4.78 is 16.5. The summed E-state index contributed by atoms with van der Waals surface area (Å²) in [5.41, 5.74) is 0. The van der Waals surface area contributed by atoms with Crippen LogP contribution in [0.15, 0.2) is 18.2 Å². The van der Waals surface area contributed by atoms with Gasteiger partial charge in [0.2, 0.25) is 6.79 Å². The van der Waals surface area contributed by atoms with Gasteiger partial charge >= 0.3 is 0 Å². The van der Waals surface area contributed by atoms with Crippen LogP contribution in [-0.4, -0.2) is 50.0 Å². The normalized spacial score (nSPS) is 26.9. The Balaban J connectivity index is 1.19. The number of hydrogen-bond donors (Lipinski definition) is 1. The van der Waals surface area contributed by atoms with Gasteiger partial charge in [0, 0.05) is 24.7 Å². The van der Waals surface area contributed by atoms with Crippen LogP contribution in [0.25, 0.3) is 0 Å². The van der Waals surface area contributed by atoms with E-state index >= 15 is 0 Å². The molecule has 22 heavy (non-hydrogen) atoms. The van der Waals surface area contributed by atoms with Crippen molar-refractivity contribution in [2.24, 2.45) is 0 Å². The van der Waals surface area contributed by atoms with E-state index in [1.165, 1.54) is 38.8 Å². The van der Waals surface area contributed by atoms with Crippen molar-refractivity contribution in [1.82, 2.24) is 10.2 Å². The van der Waals surface area contributed by atoms with E-state index in [2.05, 4.69) is 10.2 Å². The zero-order valence-electron chi connectivity index (χ0n) is 12.9. The largest absolute Gasteiger partial charge is 0.492 e. The SMILES string of the molecule is c1cc2c(cc1OCCN[C@H]1CCN3CCC[C@@H]3C1)OCO2. The van der Waals surface area contributed by atoms with Gasteiger partial charge in [0.15, 0.2) is 11.5 Å². The minimum atomic E-state index is 0.306. The third-order valence-electron chi connectivity index (χ3n) is 4.97. The van der Waals surface area contributed by atoms with Crippen molar-refractivity contribution in [1.29, 1.82) is 0 Å². The standard InChI is InChI=1S/C17H24N2O3/c1-2-14-10-13(5-8-19(14)7-1)18-6-9-20-15-3-4-16-17(11-15)22-12-21-16/h3-4,11,13-14,18H,1-2,5-10,12H2/t13-,14+/m0/s1. The van der Waals surface area contributed by atoms with Gasteiger partial charge < -0.3 is 24.4 Å². The smallest absolute Gasteiger partial charge is 0.231 e. The molecular weight excluding hydrogens is 280 g/mol. The topological polar surface area (TPSA) is 43.0 Å². The molecule has 0 radical (unpaired) electrons. The lowest BCUT2D eigenvalue weighted by atomic mass is 9.98. The second kappa shape index (κ2) is 6.34. The lowest BCUT2D eigenvalue weighted by Gasteiger charge is -2.35. The van der Waals surface area contributed by atoms with Crippen LogP contribution in [0.2, 0.25) is 0 Å². The van der Waals surface area contributed by atoms with E-state index in [1.54, 1.807) is 0 Å². The van der Waals surface area contributed by atoms with E-state index in [9.17, 15) is 0 Å². The Kier molecular flexibility index (Phi) is 4.08. The molecule has 5 heteroatoms. The van der Waals surface area contributed by atoms with Crippen LogP contribution >= 0.6 is 0 Å². The van der Waals surface area contributed by atoms with Crippen molar-refractivity contribution in [3.05, 3.63) is 18.2 Å². The first-order valence-electron chi connectivity index (χ1n) is 8.38. The molecule has 3 aliphatic heterocycles. The summed E-state index contributed by atoms with van der Waals surface area (Å²) in [6.45, 7) is 4.45. The molecule has 2 atom stereocenters. The van der Waals surface area contributed by atoms with Gasteiger partial charge in [-0.1, -0.05) is 0 Å². The summed E-state index contributed by atoms with van der Waals surface area (Å²) in [6.07, 6.45) is 5.32. The van der Waals surface area contributed by atoms with Crippen molar-refractivity contribution in [3.8, 4) is 17.2 Å². The highest BCUT2D eigenvalue weighted by Gasteiger charge is 2.31. The summed E-state index contributed by atoms with van der Waals surface area (Å²) in [5, 5.41) is 3.65. The Bertz CT molecular complexity index is 523. The van der Waals surface area contributed by atoms with Crippen LogP contribution in [0, 0.1) is 0 Å². The van der Waals surface area contributed by atoms with Crippen molar-refractivity contribution in [2.75, 3.05) is 33.0 Å². The lowest BCUT2D eigenvalue weighted by molar-refractivity contribution is 0.163. The molecule has 4 rings (SSSR count). The number of rotatable bonds is 5. The molecule has 1 aromatic rings. The van der Waals surface area contributed by atoms with Gasteiger partial charge in [0.25, 0.3) is 0 Å². The molecule has 0 amide bonds. The Labute approximate surface area is 131 Å². The summed E-state index contributed by atoms with van der Waals surface area (Å²) in [6, 6.07) is 7.21. The third-order valence-corrected chi connectivity index (χ3v) is 4.97. The van der Waals surface area contributed by atoms with Gasteiger partial charge in [0.05, 0.1) is 0 Å². The molecule has 2 saturated heterocycles. The molecule has 0 unspecified atom stereocenters. The summed E-state index contributed by atoms with van der Waals surface area (Å²) in [5.74, 6) is 2.42. The van der Waals surface area contributed by atoms with Gasteiger partial charge in [-0.15, -0.1) is 0 Å². The van der Waals surface area contributed by atoms with Crippen molar-refractivity contribution >= 4 is 0 Å². The molecule has 0 aliphatic carbocycles. The van der Waals surface area contributed by atoms with Crippen LogP contribution in [0.4, 0.5) is 0 Å². The third kappa shape index (κ3) is 3.01. The first-order chi connectivity index (χ1) is 10.9. The quantitative estimate of drug-likeness (QED) is 0.843. The van der Waals surface area contributed by atoms with Crippen molar-refractivity contribution < 1.29 is 14.2 Å². The molecule has 0 bridgehead atoms. The fraction of sp³-hybridized carbons (Fsp3) is 0.647. The Morgan fingerprint density at radius 3 is 3.14 bits per heavy atom. The molecule has 5 nitrogen and oxygen atoms in total. The second-order valence-corrected chi connectivity index (χ2v) is 6.37. The maximum Gasteiger partial charge on any atom is 0.231 e. The zero-order valence-corrected chi connectivity index (χ0v) is 12.9. The van der Waals surface area contributed by atoms with Crippen LogP contribution in [0.3, 0.4) is 0 Å². The molecule has 1 N–H and O–H groups in total. The van der Waals surface area contributed by atoms with E-state index in [1.807, 2.05) is 18.2 Å². The molecule has 0 aromatic heterocycles. The molecule has 3 aliphatic rings. The van der Waals surface area contributed by atoms with Crippen LogP contribution < -0.4 is 19.5 Å². The predicted molar refractivity (Wildman–Crippen MR) is 83.7 cm³/mol. The molecule has 120 valence electrons. The predicted octanol–water partition coefficient (Wildman–Crippen LogP) is 2.01. The first-order valence-corrected chi connectivity index (χ1v) is 8.38. The van der Waals surface area contributed by atoms with Crippen molar-refractivity contribution in [3.63, 3.8) is 0 Å². The number of piperidine rings is 1. The Hall–Kier alpha value is -1.46. The van der Waals surface area contributed by atoms with Crippen LogP contribution in [0.5, 0.6) is 17.2 Å². The van der Waals surface area contributed by atoms with E-state index in [4.69, 9.17) is 14.2 Å². The highest BCUT2D eigenvalue weighted by Crippen LogP contribution is 2.35. The van der Waals surface area contributed by atoms with Gasteiger partial charge in [-0.25, -0.2) is 0 Å². The fourth-order valence-corrected chi connectivity index (χ4v) is 3.81. The highest BCUT2D eigenvalue weighted by atomic mass is 16.7. The zero-order chi connectivity index (χ0) is 14.8. The molecule has 1 aromatic carbocycles. The highest BCUT2D eigenvalue weighted by molar-refractivity contribution is 5.46. The molecular formula is C17H24N2O3. The maximum absolute atomic E-state index is 5.80. The maximum atomic E-state index is 5.80. The van der Waals surface area contributed by atoms with Crippen molar-refractivity contribution in [2.45, 2.75) is 37.8 Å². The summed E-state index contributed by atoms with van der Waals surface area (Å²) in [7, 11) is 0. The molecule has 3 heterocycles. The number of benzene rings is 1. The van der Waals surface area contributed by atoms with Gasteiger partial charge in [-0.3, -0.25) is 0 Å². The van der Waals surface area contributed by atoms with Gasteiger partial charge in [-0.05, 0) is 50.9 Å². The molecule has 2 fully saturated rings. The molecule has 0 spiro atoms. The first kappa shape index (κ1) is 14.2. The van der Waals surface area contributed by atoms with Crippen LogP contribution in [-0.2, 0) is 0 Å². The number of fused-ring (bicyclic) bond motifs is 2. The summed E-state index contributed by atoms with van der Waals surface area (Å²) in [4.78, 5) is 2.65. The van der Waals surface area contributed by atoms with E-state index in [-0.39, 0.29) is 0 Å². The number of nitrogens with zero attached hydrogens (tertiary/aromatic N) is 1. The average molecular weight is 304 g/mol. The Morgan fingerprint density at radius 2 is 2.14 bits per heavy atom. The molecule has 0 saturated carbocycles. The summed E-state index contributed by atoms with van der Waals surface area (Å²) >= 11 is 0. The number of ether oxygens (including phenoxy) is 3. The second-order valence-electron chi connectivity index (χ2n) is 6.37. The lowest BCUT2D eigenvalue weighted by Crippen LogP contribution is -2.46. The minimum absolute atomic E-state index is 0.306. The number of hydrogen-bond acceptors (Lipinski definition) is 5. The monoisotopic (exact) mass is 304 g/mol. The van der Waals surface area contributed by atoms with Gasteiger partial charge in [0.1, 0.15) is 12.4 Å². The average Bonchev–Trinajstić information content (AvgIpc) is 3.19. The minimum Gasteiger partial charge on any atom is -0.492 e. The van der Waals surface area contributed by atoms with E-state index < -0.39 is 0 Å².